The molecule has 0 aliphatic heterocycles. The number of carboxylic acid groups (broad SMARTS) is 1. The SMILES string of the molecule is CC(NC(=O)c1ccc(C(=N)N)cc1)C(=O)NCCCOCC(=O)O. The number of nitrogen functional groups attached to an aromatic ring is 1. The van der Waals surface area contributed by atoms with Crippen molar-refractivity contribution in [3.8, 4) is 0 Å². The highest BCUT2D eigenvalue weighted by Gasteiger charge is 2.16. The van der Waals surface area contributed by atoms with Gasteiger partial charge in [0.15, 0.2) is 0 Å². The number of rotatable bonds is 10. The molecule has 25 heavy (non-hydrogen) atoms. The highest BCUT2D eigenvalue weighted by molar-refractivity contribution is 5.99. The Kier molecular flexibility index (Phi) is 8.07. The van der Waals surface area contributed by atoms with Crippen LogP contribution in [-0.2, 0) is 14.3 Å². The standard InChI is InChI=1S/C16H22N4O5/c1-10(15(23)19-7-2-8-25-9-13(21)22)20-16(24)12-5-3-11(4-6-12)14(17)18/h3-6,10H,2,7-9H2,1H3,(H3,17,18)(H,19,23)(H,20,24)(H,21,22). The van der Waals surface area contributed by atoms with Gasteiger partial charge in [-0.05, 0) is 25.5 Å². The largest absolute Gasteiger partial charge is 0.480 e. The van der Waals surface area contributed by atoms with E-state index in [1.54, 1.807) is 19.1 Å². The first-order valence-corrected chi connectivity index (χ1v) is 7.64. The van der Waals surface area contributed by atoms with Gasteiger partial charge < -0.3 is 26.2 Å². The van der Waals surface area contributed by atoms with E-state index in [9.17, 15) is 14.4 Å². The molecule has 0 spiro atoms. The quantitative estimate of drug-likeness (QED) is 0.222. The highest BCUT2D eigenvalue weighted by atomic mass is 16.5. The molecule has 136 valence electrons. The molecule has 1 aromatic rings. The average Bonchev–Trinajstić information content (AvgIpc) is 2.57. The maximum atomic E-state index is 12.1. The van der Waals surface area contributed by atoms with E-state index in [4.69, 9.17) is 21.0 Å². The number of hydrogen-bond acceptors (Lipinski definition) is 5. The molecule has 0 aliphatic rings. The smallest absolute Gasteiger partial charge is 0.329 e. The third kappa shape index (κ3) is 7.44. The fourth-order valence-electron chi connectivity index (χ4n) is 1.85. The van der Waals surface area contributed by atoms with Gasteiger partial charge in [-0.3, -0.25) is 15.0 Å². The van der Waals surface area contributed by atoms with Crippen LogP contribution in [0.3, 0.4) is 0 Å². The number of amidine groups is 1. The Labute approximate surface area is 145 Å². The van der Waals surface area contributed by atoms with E-state index in [1.165, 1.54) is 12.1 Å². The zero-order valence-electron chi connectivity index (χ0n) is 13.9. The minimum absolute atomic E-state index is 0.0907. The van der Waals surface area contributed by atoms with Crippen molar-refractivity contribution in [2.75, 3.05) is 19.8 Å². The topological polar surface area (TPSA) is 155 Å². The summed E-state index contributed by atoms with van der Waals surface area (Å²) in [6.07, 6.45) is 0.464. The monoisotopic (exact) mass is 350 g/mol. The molecule has 0 bridgehead atoms. The van der Waals surface area contributed by atoms with Crippen LogP contribution in [0.15, 0.2) is 24.3 Å². The highest BCUT2D eigenvalue weighted by Crippen LogP contribution is 2.04. The summed E-state index contributed by atoms with van der Waals surface area (Å²) in [4.78, 5) is 34.2. The first kappa shape index (κ1) is 20.1. The maximum absolute atomic E-state index is 12.1. The van der Waals surface area contributed by atoms with E-state index in [0.29, 0.717) is 24.1 Å². The van der Waals surface area contributed by atoms with E-state index < -0.39 is 17.9 Å². The molecule has 0 radical (unpaired) electrons. The number of ether oxygens (including phenoxy) is 1. The summed E-state index contributed by atoms with van der Waals surface area (Å²) >= 11 is 0. The minimum Gasteiger partial charge on any atom is -0.480 e. The van der Waals surface area contributed by atoms with Gasteiger partial charge in [-0.1, -0.05) is 12.1 Å². The number of benzene rings is 1. The van der Waals surface area contributed by atoms with Gasteiger partial charge >= 0.3 is 5.97 Å². The maximum Gasteiger partial charge on any atom is 0.329 e. The number of hydrogen-bond donors (Lipinski definition) is 5. The Morgan fingerprint density at radius 2 is 1.84 bits per heavy atom. The molecule has 1 rings (SSSR count). The fraction of sp³-hybridized carbons (Fsp3) is 0.375. The normalized spacial score (nSPS) is 11.4. The first-order chi connectivity index (χ1) is 11.8. The molecule has 1 aromatic carbocycles. The molecule has 0 fully saturated rings. The van der Waals surface area contributed by atoms with Crippen molar-refractivity contribution in [3.63, 3.8) is 0 Å². The van der Waals surface area contributed by atoms with Gasteiger partial charge in [0.1, 0.15) is 18.5 Å². The van der Waals surface area contributed by atoms with Crippen molar-refractivity contribution in [1.29, 1.82) is 5.41 Å². The summed E-state index contributed by atoms with van der Waals surface area (Å²) < 4.78 is 4.84. The van der Waals surface area contributed by atoms with Crippen molar-refractivity contribution in [2.45, 2.75) is 19.4 Å². The number of nitrogens with two attached hydrogens (primary N) is 1. The lowest BCUT2D eigenvalue weighted by Crippen LogP contribution is -2.45. The summed E-state index contributed by atoms with van der Waals surface area (Å²) in [7, 11) is 0. The van der Waals surface area contributed by atoms with Gasteiger partial charge in [0.05, 0.1) is 0 Å². The van der Waals surface area contributed by atoms with Crippen LogP contribution in [0.1, 0.15) is 29.3 Å². The number of aliphatic carboxylic acids is 1. The number of nitrogens with one attached hydrogen (secondary N) is 3. The van der Waals surface area contributed by atoms with Crippen LogP contribution >= 0.6 is 0 Å². The number of carboxylic acids is 1. The zero-order chi connectivity index (χ0) is 18.8. The van der Waals surface area contributed by atoms with Crippen LogP contribution in [0.25, 0.3) is 0 Å². The molecule has 0 aliphatic carbocycles. The zero-order valence-corrected chi connectivity index (χ0v) is 13.9. The Balaban J connectivity index is 2.35. The minimum atomic E-state index is -1.04. The number of amides is 2. The summed E-state index contributed by atoms with van der Waals surface area (Å²) in [5, 5.41) is 20.9. The van der Waals surface area contributed by atoms with Crippen LogP contribution in [0.5, 0.6) is 0 Å². The van der Waals surface area contributed by atoms with E-state index >= 15 is 0 Å². The lowest BCUT2D eigenvalue weighted by Gasteiger charge is -2.14. The van der Waals surface area contributed by atoms with Gasteiger partial charge in [0, 0.05) is 24.3 Å². The molecule has 0 aromatic heterocycles. The van der Waals surface area contributed by atoms with Crippen LogP contribution in [-0.4, -0.2) is 54.5 Å². The van der Waals surface area contributed by atoms with Gasteiger partial charge in [-0.15, -0.1) is 0 Å². The summed E-state index contributed by atoms with van der Waals surface area (Å²) in [6, 6.07) is 5.42. The molecule has 1 unspecified atom stereocenters. The van der Waals surface area contributed by atoms with Gasteiger partial charge in [-0.25, -0.2) is 4.79 Å². The predicted molar refractivity (Wildman–Crippen MR) is 90.5 cm³/mol. The summed E-state index contributed by atoms with van der Waals surface area (Å²) in [6.45, 7) is 1.71. The molecule has 2 amide bonds. The Morgan fingerprint density at radius 1 is 1.24 bits per heavy atom. The number of carbonyl (C=O) groups is 3. The molecular weight excluding hydrogens is 328 g/mol. The average molecular weight is 350 g/mol. The lowest BCUT2D eigenvalue weighted by atomic mass is 10.1. The third-order valence-corrected chi connectivity index (χ3v) is 3.19. The molecule has 9 nitrogen and oxygen atoms in total. The Hall–Kier alpha value is -2.94. The van der Waals surface area contributed by atoms with E-state index in [2.05, 4.69) is 10.6 Å². The van der Waals surface area contributed by atoms with Gasteiger partial charge in [-0.2, -0.15) is 0 Å². The van der Waals surface area contributed by atoms with Crippen LogP contribution in [0, 0.1) is 5.41 Å². The molecule has 6 N–H and O–H groups in total. The van der Waals surface area contributed by atoms with Crippen molar-refractivity contribution in [2.24, 2.45) is 5.73 Å². The molecule has 9 heteroatoms. The molecular formula is C16H22N4O5. The Bertz CT molecular complexity index is 630. The second-order valence-electron chi connectivity index (χ2n) is 5.28. The van der Waals surface area contributed by atoms with Gasteiger partial charge in [0.25, 0.3) is 5.91 Å². The first-order valence-electron chi connectivity index (χ1n) is 7.64. The second-order valence-corrected chi connectivity index (χ2v) is 5.28. The fourth-order valence-corrected chi connectivity index (χ4v) is 1.85. The van der Waals surface area contributed by atoms with E-state index in [0.717, 1.165) is 0 Å². The molecule has 1 atom stereocenters. The van der Waals surface area contributed by atoms with Crippen molar-refractivity contribution in [3.05, 3.63) is 35.4 Å². The summed E-state index contributed by atoms with van der Waals surface area (Å²) in [5.74, 6) is -1.90. The van der Waals surface area contributed by atoms with E-state index in [1.807, 2.05) is 0 Å². The molecule has 0 saturated carbocycles. The van der Waals surface area contributed by atoms with Crippen LogP contribution < -0.4 is 16.4 Å². The van der Waals surface area contributed by atoms with Gasteiger partial charge in [0.2, 0.25) is 5.91 Å². The van der Waals surface area contributed by atoms with Crippen molar-refractivity contribution in [1.82, 2.24) is 10.6 Å². The predicted octanol–water partition coefficient (Wildman–Crippen LogP) is -0.304. The number of carbonyl (C=O) groups excluding carboxylic acids is 2. The molecule has 0 saturated heterocycles. The van der Waals surface area contributed by atoms with Crippen molar-refractivity contribution >= 4 is 23.6 Å². The molecule has 0 heterocycles. The van der Waals surface area contributed by atoms with Crippen LogP contribution in [0.4, 0.5) is 0 Å². The third-order valence-electron chi connectivity index (χ3n) is 3.19. The Morgan fingerprint density at radius 3 is 2.40 bits per heavy atom. The lowest BCUT2D eigenvalue weighted by molar-refractivity contribution is -0.142. The summed E-state index contributed by atoms with van der Waals surface area (Å²) in [5.41, 5.74) is 6.20. The van der Waals surface area contributed by atoms with Crippen molar-refractivity contribution < 1.29 is 24.2 Å². The van der Waals surface area contributed by atoms with Crippen LogP contribution in [0.2, 0.25) is 0 Å². The van der Waals surface area contributed by atoms with E-state index in [-0.39, 0.29) is 25.0 Å². The second kappa shape index (κ2) is 10.0.